The first kappa shape index (κ1) is 34.2. The van der Waals surface area contributed by atoms with Crippen LogP contribution >= 0.6 is 0 Å². The molecular weight excluding hydrogens is 556 g/mol. The van der Waals surface area contributed by atoms with E-state index in [1.807, 2.05) is 6.92 Å². The lowest BCUT2D eigenvalue weighted by Gasteiger charge is -2.46. The zero-order chi connectivity index (χ0) is 30.9. The van der Waals surface area contributed by atoms with Gasteiger partial charge in [0, 0.05) is 36.6 Å². The van der Waals surface area contributed by atoms with E-state index in [1.165, 1.54) is 0 Å². The summed E-state index contributed by atoms with van der Waals surface area (Å²) in [5.74, 6) is -0.465. The fraction of sp³-hybridized carbons (Fsp3) is 1.00. The quantitative estimate of drug-likeness (QED) is 0.110. The molecule has 42 heavy (non-hydrogen) atoms. The van der Waals surface area contributed by atoms with E-state index < -0.39 is 92.1 Å². The predicted octanol–water partition coefficient (Wildman–Crippen LogP) is -5.39. The predicted molar refractivity (Wildman–Crippen MR) is 148 cm³/mol. The maximum Gasteiger partial charge on any atom is 0.187 e. The first-order valence-electron chi connectivity index (χ1n) is 15.0. The molecule has 16 heteroatoms. The Hall–Kier alpha value is -0.640. The molecule has 0 bridgehead atoms. The molecule has 0 aromatic rings. The standard InChI is InChI=1S/C26H52N6O10/c1-2-10(28)14-4-3-11(29)15(38-14)5-9-12(30)6-13(31)19(34)23(9)41-26-22(37)24(17(8-33)40-26)42-25-18(32)21(36)20(35)16(7-27)39-25/h9-26,33-37H,2-8,27-32H2,1H3/t9-,10-,11-,12+,13-,14+,15-,16+,17-,18-,19+,20-,21-,22-,23+,24-,25-,26+/m1/s1. The minimum absolute atomic E-state index is 0.120. The molecule has 0 unspecified atom stereocenters. The Morgan fingerprint density at radius 1 is 0.762 bits per heavy atom. The minimum atomic E-state index is -1.47. The SMILES string of the molecule is CC[C@@H](N)[C@@H]1CC[C@@H](N)[C@@H](C[C@H]2[C@H](O[C@@H]3O[C@H](CO)[C@@H](O[C@H]4O[C@@H](CN)[C@@H](O)[C@H](O)[C@H]4N)[C@H]3O)[C@@H](O)[C@H](N)C[C@@H]2N)O1. The van der Waals surface area contributed by atoms with Crippen molar-refractivity contribution in [2.24, 2.45) is 40.3 Å². The van der Waals surface area contributed by atoms with Crippen LogP contribution in [0.25, 0.3) is 0 Å². The van der Waals surface area contributed by atoms with Crippen molar-refractivity contribution in [1.29, 1.82) is 0 Å². The zero-order valence-electron chi connectivity index (χ0n) is 24.1. The Balaban J connectivity index is 1.48. The van der Waals surface area contributed by atoms with Crippen LogP contribution in [0, 0.1) is 5.92 Å². The first-order valence-corrected chi connectivity index (χ1v) is 15.0. The van der Waals surface area contributed by atoms with Gasteiger partial charge in [-0.05, 0) is 32.1 Å². The van der Waals surface area contributed by atoms with E-state index in [0.29, 0.717) is 12.8 Å². The molecule has 4 rings (SSSR count). The highest BCUT2D eigenvalue weighted by Gasteiger charge is 2.53. The second-order valence-corrected chi connectivity index (χ2v) is 12.2. The summed E-state index contributed by atoms with van der Waals surface area (Å²) in [6, 6.07) is -2.75. The van der Waals surface area contributed by atoms with Crippen molar-refractivity contribution < 1.29 is 49.2 Å². The molecule has 0 aromatic heterocycles. The number of hydrogen-bond acceptors (Lipinski definition) is 16. The van der Waals surface area contributed by atoms with Gasteiger partial charge in [-0.1, -0.05) is 6.92 Å². The molecule has 1 aliphatic carbocycles. The molecule has 0 radical (unpaired) electrons. The second-order valence-electron chi connectivity index (χ2n) is 12.2. The molecule has 3 heterocycles. The van der Waals surface area contributed by atoms with Crippen LogP contribution < -0.4 is 34.4 Å². The van der Waals surface area contributed by atoms with Crippen LogP contribution in [-0.4, -0.2) is 143 Å². The lowest BCUT2D eigenvalue weighted by Crippen LogP contribution is -2.64. The van der Waals surface area contributed by atoms with E-state index in [9.17, 15) is 25.5 Å². The highest BCUT2D eigenvalue weighted by molar-refractivity contribution is 5.01. The van der Waals surface area contributed by atoms with Gasteiger partial charge in [-0.15, -0.1) is 0 Å². The number of hydrogen-bond donors (Lipinski definition) is 11. The van der Waals surface area contributed by atoms with Crippen LogP contribution in [0.4, 0.5) is 0 Å². The smallest absolute Gasteiger partial charge is 0.187 e. The average Bonchev–Trinajstić information content (AvgIpc) is 3.27. The third-order valence-corrected chi connectivity index (χ3v) is 9.39. The maximum atomic E-state index is 11.2. The largest absolute Gasteiger partial charge is 0.394 e. The van der Waals surface area contributed by atoms with Gasteiger partial charge < -0.3 is 83.6 Å². The summed E-state index contributed by atoms with van der Waals surface area (Å²) in [6.45, 7) is 1.31. The summed E-state index contributed by atoms with van der Waals surface area (Å²) in [5, 5.41) is 52.8. The Bertz CT molecular complexity index is 851. The summed E-state index contributed by atoms with van der Waals surface area (Å²) in [4.78, 5) is 0. The number of aliphatic hydroxyl groups excluding tert-OH is 5. The molecule has 3 saturated heterocycles. The molecule has 0 aromatic carbocycles. The highest BCUT2D eigenvalue weighted by Crippen LogP contribution is 2.37. The van der Waals surface area contributed by atoms with Crippen molar-refractivity contribution >= 4 is 0 Å². The Kier molecular flexibility index (Phi) is 11.9. The number of ether oxygens (including phenoxy) is 5. The summed E-state index contributed by atoms with van der Waals surface area (Å²) in [5.41, 5.74) is 37.1. The van der Waals surface area contributed by atoms with Crippen LogP contribution in [0.2, 0.25) is 0 Å². The van der Waals surface area contributed by atoms with Crippen molar-refractivity contribution in [3.8, 4) is 0 Å². The Morgan fingerprint density at radius 2 is 1.43 bits per heavy atom. The zero-order valence-corrected chi connectivity index (χ0v) is 24.1. The topological polar surface area (TPSA) is 303 Å². The van der Waals surface area contributed by atoms with Gasteiger partial charge in [-0.2, -0.15) is 0 Å². The van der Waals surface area contributed by atoms with Crippen LogP contribution in [-0.2, 0) is 23.7 Å². The lowest BCUT2D eigenvalue weighted by atomic mass is 9.74. The number of nitrogens with two attached hydrogens (primary N) is 6. The van der Waals surface area contributed by atoms with Crippen LogP contribution in [0.15, 0.2) is 0 Å². The van der Waals surface area contributed by atoms with Gasteiger partial charge in [-0.25, -0.2) is 0 Å². The molecule has 1 saturated carbocycles. The molecule has 4 fully saturated rings. The van der Waals surface area contributed by atoms with Crippen molar-refractivity contribution in [2.75, 3.05) is 13.2 Å². The fourth-order valence-corrected chi connectivity index (χ4v) is 6.58. The normalized spacial score (nSPS) is 51.0. The van der Waals surface area contributed by atoms with Gasteiger partial charge >= 0.3 is 0 Å². The summed E-state index contributed by atoms with van der Waals surface area (Å²) in [7, 11) is 0. The molecule has 3 aliphatic heterocycles. The maximum absolute atomic E-state index is 11.2. The van der Waals surface area contributed by atoms with Gasteiger partial charge in [0.1, 0.15) is 36.6 Å². The third kappa shape index (κ3) is 7.09. The van der Waals surface area contributed by atoms with Gasteiger partial charge in [0.2, 0.25) is 0 Å². The summed E-state index contributed by atoms with van der Waals surface area (Å²) >= 11 is 0. The summed E-state index contributed by atoms with van der Waals surface area (Å²) < 4.78 is 29.8. The minimum Gasteiger partial charge on any atom is -0.394 e. The van der Waals surface area contributed by atoms with Gasteiger partial charge in [0.15, 0.2) is 12.6 Å². The molecule has 0 spiro atoms. The molecule has 18 atom stereocenters. The number of aliphatic hydroxyl groups is 5. The van der Waals surface area contributed by atoms with Gasteiger partial charge in [0.25, 0.3) is 0 Å². The summed E-state index contributed by atoms with van der Waals surface area (Å²) in [6.07, 6.45) is -9.82. The van der Waals surface area contributed by atoms with E-state index in [0.717, 1.165) is 19.3 Å². The van der Waals surface area contributed by atoms with Crippen LogP contribution in [0.3, 0.4) is 0 Å². The molecular formula is C26H52N6O10. The van der Waals surface area contributed by atoms with Gasteiger partial charge in [0.05, 0.1) is 37.1 Å². The van der Waals surface area contributed by atoms with Crippen LogP contribution in [0.1, 0.15) is 39.0 Å². The molecule has 17 N–H and O–H groups in total. The van der Waals surface area contributed by atoms with E-state index in [1.54, 1.807) is 0 Å². The Morgan fingerprint density at radius 3 is 2.07 bits per heavy atom. The van der Waals surface area contributed by atoms with Crippen molar-refractivity contribution in [3.05, 3.63) is 0 Å². The second kappa shape index (κ2) is 14.6. The average molecular weight is 609 g/mol. The van der Waals surface area contributed by atoms with Crippen LogP contribution in [0.5, 0.6) is 0 Å². The molecule has 4 aliphatic rings. The molecule has 246 valence electrons. The van der Waals surface area contributed by atoms with Crippen molar-refractivity contribution in [3.63, 3.8) is 0 Å². The monoisotopic (exact) mass is 608 g/mol. The van der Waals surface area contributed by atoms with Crippen molar-refractivity contribution in [2.45, 2.75) is 143 Å². The highest BCUT2D eigenvalue weighted by atomic mass is 16.7. The van der Waals surface area contributed by atoms with Gasteiger partial charge in [-0.3, -0.25) is 0 Å². The van der Waals surface area contributed by atoms with Crippen molar-refractivity contribution in [1.82, 2.24) is 0 Å². The molecule has 0 amide bonds. The molecule has 16 nitrogen and oxygen atoms in total. The lowest BCUT2D eigenvalue weighted by molar-refractivity contribution is -0.280. The fourth-order valence-electron chi connectivity index (χ4n) is 6.58. The first-order chi connectivity index (χ1) is 19.9. The third-order valence-electron chi connectivity index (χ3n) is 9.39. The van der Waals surface area contributed by atoms with E-state index >= 15 is 0 Å². The van der Waals surface area contributed by atoms with E-state index in [-0.39, 0.29) is 30.8 Å². The van der Waals surface area contributed by atoms with E-state index in [2.05, 4.69) is 0 Å². The number of rotatable bonds is 10. The Labute approximate surface area is 245 Å². The van der Waals surface area contributed by atoms with E-state index in [4.69, 9.17) is 58.1 Å².